The average molecular weight is 262 g/mol. The molecule has 4 atom stereocenters. The van der Waals surface area contributed by atoms with Gasteiger partial charge in [-0.3, -0.25) is 0 Å². The first-order valence-electron chi connectivity index (χ1n) is 9.33. The highest BCUT2D eigenvalue weighted by molar-refractivity contribution is 4.84. The highest BCUT2D eigenvalue weighted by Crippen LogP contribution is 2.45. The molecule has 0 spiro atoms. The van der Waals surface area contributed by atoms with Crippen LogP contribution >= 0.6 is 0 Å². The van der Waals surface area contributed by atoms with E-state index in [2.05, 4.69) is 6.92 Å². The predicted molar refractivity (Wildman–Crippen MR) is 83.1 cm³/mol. The molecule has 0 aromatic heterocycles. The van der Waals surface area contributed by atoms with Gasteiger partial charge < -0.3 is 0 Å². The summed E-state index contributed by atoms with van der Waals surface area (Å²) in [5.41, 5.74) is 0. The number of hydrogen-bond donors (Lipinski definition) is 0. The van der Waals surface area contributed by atoms with Crippen molar-refractivity contribution >= 4 is 0 Å². The van der Waals surface area contributed by atoms with Crippen LogP contribution in [0.25, 0.3) is 0 Å². The van der Waals surface area contributed by atoms with Crippen molar-refractivity contribution in [2.75, 3.05) is 0 Å². The zero-order valence-corrected chi connectivity index (χ0v) is 13.1. The van der Waals surface area contributed by atoms with Crippen molar-refractivity contribution in [1.82, 2.24) is 0 Å². The maximum Gasteiger partial charge on any atom is -0.0383 e. The third-order valence-electron chi connectivity index (χ3n) is 6.88. The predicted octanol–water partition coefficient (Wildman–Crippen LogP) is 6.20. The largest absolute Gasteiger partial charge is 0.0622 e. The summed E-state index contributed by atoms with van der Waals surface area (Å²) in [5, 5.41) is 0. The SMILES string of the molecule is CC1CCCCC1CCC1CCC(C2CCCC2)C1. The second kappa shape index (κ2) is 6.64. The summed E-state index contributed by atoms with van der Waals surface area (Å²) < 4.78 is 0. The Morgan fingerprint density at radius 3 is 2.21 bits per heavy atom. The molecule has 0 aromatic carbocycles. The minimum Gasteiger partial charge on any atom is -0.0622 e. The molecule has 0 aromatic rings. The van der Waals surface area contributed by atoms with Crippen molar-refractivity contribution in [3.63, 3.8) is 0 Å². The fourth-order valence-corrected chi connectivity index (χ4v) is 5.50. The Morgan fingerprint density at radius 1 is 0.684 bits per heavy atom. The quantitative estimate of drug-likeness (QED) is 0.566. The topological polar surface area (TPSA) is 0 Å². The maximum absolute atomic E-state index is 2.51. The fourth-order valence-electron chi connectivity index (χ4n) is 5.50. The Hall–Kier alpha value is 0. The Bertz CT molecular complexity index is 263. The van der Waals surface area contributed by atoms with E-state index in [0.29, 0.717) is 0 Å². The molecule has 0 heterocycles. The third-order valence-corrected chi connectivity index (χ3v) is 6.88. The molecule has 4 unspecified atom stereocenters. The summed E-state index contributed by atoms with van der Waals surface area (Å²) in [4.78, 5) is 0. The monoisotopic (exact) mass is 262 g/mol. The van der Waals surface area contributed by atoms with Crippen LogP contribution < -0.4 is 0 Å². The summed E-state index contributed by atoms with van der Waals surface area (Å²) in [6, 6.07) is 0. The summed E-state index contributed by atoms with van der Waals surface area (Å²) in [6.45, 7) is 2.51. The first-order chi connectivity index (χ1) is 9.33. The molecule has 0 bridgehead atoms. The molecule has 0 heteroatoms. The second-order valence-corrected chi connectivity index (χ2v) is 8.08. The summed E-state index contributed by atoms with van der Waals surface area (Å²) >= 11 is 0. The molecular formula is C19H34. The van der Waals surface area contributed by atoms with Gasteiger partial charge in [-0.15, -0.1) is 0 Å². The van der Waals surface area contributed by atoms with Gasteiger partial charge in [0.05, 0.1) is 0 Å². The van der Waals surface area contributed by atoms with Crippen molar-refractivity contribution in [3.8, 4) is 0 Å². The zero-order chi connectivity index (χ0) is 13.1. The molecule has 3 aliphatic rings. The van der Waals surface area contributed by atoms with E-state index in [1.165, 1.54) is 32.1 Å². The van der Waals surface area contributed by atoms with Gasteiger partial charge in [0, 0.05) is 0 Å². The van der Waals surface area contributed by atoms with E-state index in [1.54, 1.807) is 51.4 Å². The fraction of sp³-hybridized carbons (Fsp3) is 1.00. The van der Waals surface area contributed by atoms with Gasteiger partial charge in [-0.2, -0.15) is 0 Å². The van der Waals surface area contributed by atoms with Gasteiger partial charge in [0.25, 0.3) is 0 Å². The molecule has 3 saturated carbocycles. The molecule has 3 aliphatic carbocycles. The number of rotatable bonds is 4. The van der Waals surface area contributed by atoms with Crippen molar-refractivity contribution in [3.05, 3.63) is 0 Å². The van der Waals surface area contributed by atoms with Crippen LogP contribution in [0.5, 0.6) is 0 Å². The standard InChI is InChI=1S/C19H34/c1-15-6-2-3-7-17(15)12-10-16-11-13-19(14-16)18-8-4-5-9-18/h15-19H,2-14H2,1H3. The lowest BCUT2D eigenvalue weighted by Crippen LogP contribution is -2.17. The normalized spacial score (nSPS) is 40.9. The molecule has 110 valence electrons. The molecule has 0 nitrogen and oxygen atoms in total. The molecule has 3 rings (SSSR count). The van der Waals surface area contributed by atoms with Crippen LogP contribution in [-0.4, -0.2) is 0 Å². The van der Waals surface area contributed by atoms with Crippen molar-refractivity contribution < 1.29 is 0 Å². The average Bonchev–Trinajstić information content (AvgIpc) is 3.09. The van der Waals surface area contributed by atoms with E-state index >= 15 is 0 Å². The van der Waals surface area contributed by atoms with E-state index < -0.39 is 0 Å². The molecule has 0 amide bonds. The smallest absolute Gasteiger partial charge is 0.0383 e. The van der Waals surface area contributed by atoms with Crippen LogP contribution in [0.15, 0.2) is 0 Å². The molecular weight excluding hydrogens is 228 g/mol. The Morgan fingerprint density at radius 2 is 1.42 bits per heavy atom. The number of hydrogen-bond acceptors (Lipinski definition) is 0. The van der Waals surface area contributed by atoms with E-state index in [0.717, 1.165) is 29.6 Å². The van der Waals surface area contributed by atoms with Crippen LogP contribution in [-0.2, 0) is 0 Å². The van der Waals surface area contributed by atoms with Gasteiger partial charge in [-0.25, -0.2) is 0 Å². The lowest BCUT2D eigenvalue weighted by Gasteiger charge is -2.29. The van der Waals surface area contributed by atoms with Gasteiger partial charge in [0.15, 0.2) is 0 Å². The minimum atomic E-state index is 1.03. The first-order valence-corrected chi connectivity index (χ1v) is 9.33. The van der Waals surface area contributed by atoms with E-state index in [1.807, 2.05) is 0 Å². The van der Waals surface area contributed by atoms with Crippen molar-refractivity contribution in [2.24, 2.45) is 29.6 Å². The second-order valence-electron chi connectivity index (χ2n) is 8.08. The van der Waals surface area contributed by atoms with E-state index in [-0.39, 0.29) is 0 Å². The van der Waals surface area contributed by atoms with Gasteiger partial charge in [0.1, 0.15) is 0 Å². The minimum absolute atomic E-state index is 1.03. The van der Waals surface area contributed by atoms with Crippen molar-refractivity contribution in [2.45, 2.75) is 90.4 Å². The highest BCUT2D eigenvalue weighted by Gasteiger charge is 2.32. The summed E-state index contributed by atoms with van der Waals surface area (Å²) in [5.74, 6) is 5.50. The maximum atomic E-state index is 2.51. The van der Waals surface area contributed by atoms with Crippen LogP contribution in [0.4, 0.5) is 0 Å². The Kier molecular flexibility index (Phi) is 4.87. The van der Waals surface area contributed by atoms with Gasteiger partial charge in [-0.05, 0) is 48.9 Å². The Balaban J connectivity index is 1.39. The highest BCUT2D eigenvalue weighted by atomic mass is 14.4. The lowest BCUT2D eigenvalue weighted by molar-refractivity contribution is 0.224. The van der Waals surface area contributed by atoms with Gasteiger partial charge >= 0.3 is 0 Å². The third kappa shape index (κ3) is 3.56. The van der Waals surface area contributed by atoms with E-state index in [4.69, 9.17) is 0 Å². The molecule has 0 N–H and O–H groups in total. The summed E-state index contributed by atoms with van der Waals surface area (Å²) in [6.07, 6.45) is 20.2. The molecule has 19 heavy (non-hydrogen) atoms. The van der Waals surface area contributed by atoms with Gasteiger partial charge in [-0.1, -0.05) is 71.1 Å². The molecule has 0 radical (unpaired) electrons. The summed E-state index contributed by atoms with van der Waals surface area (Å²) in [7, 11) is 0. The molecule has 0 saturated heterocycles. The van der Waals surface area contributed by atoms with Crippen LogP contribution in [0.1, 0.15) is 90.4 Å². The first kappa shape index (κ1) is 14.0. The lowest BCUT2D eigenvalue weighted by atomic mass is 9.76. The molecule has 0 aliphatic heterocycles. The molecule has 3 fully saturated rings. The Labute approximate surface area is 120 Å². The van der Waals surface area contributed by atoms with Crippen molar-refractivity contribution in [1.29, 1.82) is 0 Å². The van der Waals surface area contributed by atoms with E-state index in [9.17, 15) is 0 Å². The zero-order valence-electron chi connectivity index (χ0n) is 13.1. The van der Waals surface area contributed by atoms with Crippen LogP contribution in [0.3, 0.4) is 0 Å². The van der Waals surface area contributed by atoms with Crippen LogP contribution in [0, 0.1) is 29.6 Å². The van der Waals surface area contributed by atoms with Gasteiger partial charge in [0.2, 0.25) is 0 Å². The van der Waals surface area contributed by atoms with Crippen LogP contribution in [0.2, 0.25) is 0 Å².